The second-order valence-corrected chi connectivity index (χ2v) is 6.38. The second-order valence-electron chi connectivity index (χ2n) is 5.53. The molecule has 2 N–H and O–H groups in total. The van der Waals surface area contributed by atoms with Crippen LogP contribution < -0.4 is 10.6 Å². The third-order valence-corrected chi connectivity index (χ3v) is 4.60. The molecule has 19 heavy (non-hydrogen) atoms. The van der Waals surface area contributed by atoms with E-state index in [-0.39, 0.29) is 0 Å². The molecule has 4 nitrogen and oxygen atoms in total. The third-order valence-electron chi connectivity index (χ3n) is 4.02. The van der Waals surface area contributed by atoms with E-state index < -0.39 is 0 Å². The van der Waals surface area contributed by atoms with Crippen molar-refractivity contribution in [2.75, 3.05) is 17.2 Å². The van der Waals surface area contributed by atoms with Crippen LogP contribution in [0.1, 0.15) is 40.0 Å². The Bertz CT molecular complexity index is 424. The number of hydrogen-bond acceptors (Lipinski definition) is 4. The highest BCUT2D eigenvalue weighted by Crippen LogP contribution is 2.32. The van der Waals surface area contributed by atoms with Crippen molar-refractivity contribution >= 4 is 27.7 Å². The third kappa shape index (κ3) is 3.81. The highest BCUT2D eigenvalue weighted by atomic mass is 79.9. The molecule has 1 heterocycles. The molecule has 2 rings (SSSR count). The van der Waals surface area contributed by atoms with Crippen molar-refractivity contribution < 1.29 is 0 Å². The summed E-state index contributed by atoms with van der Waals surface area (Å²) in [4.78, 5) is 8.76. The predicted molar refractivity (Wildman–Crippen MR) is 83.5 cm³/mol. The fourth-order valence-corrected chi connectivity index (χ4v) is 2.89. The van der Waals surface area contributed by atoms with Gasteiger partial charge >= 0.3 is 0 Å². The molecular formula is C14H23BrN4. The topological polar surface area (TPSA) is 49.8 Å². The number of halogens is 1. The molecule has 3 atom stereocenters. The number of nitrogens with zero attached hydrogens (tertiary/aromatic N) is 2. The Balaban J connectivity index is 2.04. The Morgan fingerprint density at radius 2 is 2.11 bits per heavy atom. The van der Waals surface area contributed by atoms with Crippen LogP contribution in [0.3, 0.4) is 0 Å². The Labute approximate surface area is 123 Å². The lowest BCUT2D eigenvalue weighted by molar-refractivity contribution is 0.260. The van der Waals surface area contributed by atoms with Gasteiger partial charge < -0.3 is 10.6 Å². The average Bonchev–Trinajstić information content (AvgIpc) is 2.38. The molecule has 1 aromatic heterocycles. The first-order chi connectivity index (χ1) is 9.10. The van der Waals surface area contributed by atoms with Gasteiger partial charge in [0, 0.05) is 18.8 Å². The van der Waals surface area contributed by atoms with Crippen LogP contribution in [0.4, 0.5) is 11.8 Å². The molecule has 0 saturated heterocycles. The summed E-state index contributed by atoms with van der Waals surface area (Å²) in [5.74, 6) is 3.20. The Morgan fingerprint density at radius 3 is 2.79 bits per heavy atom. The molecule has 5 heteroatoms. The van der Waals surface area contributed by atoms with E-state index in [0.717, 1.165) is 28.7 Å². The predicted octanol–water partition coefficient (Wildman–Crippen LogP) is 3.91. The standard InChI is InChI=1S/C14H23BrN4/c1-4-16-14-17-8-12(15)13(19-14)18-11-6-5-9(2)10(3)7-11/h8-11H,4-7H2,1-3H3,(H2,16,17,18,19). The van der Waals surface area contributed by atoms with E-state index in [9.17, 15) is 0 Å². The van der Waals surface area contributed by atoms with Gasteiger partial charge in [0.05, 0.1) is 4.47 Å². The first-order valence-corrected chi connectivity index (χ1v) is 7.92. The minimum Gasteiger partial charge on any atom is -0.366 e. The quantitative estimate of drug-likeness (QED) is 0.880. The van der Waals surface area contributed by atoms with E-state index in [0.29, 0.717) is 12.0 Å². The van der Waals surface area contributed by atoms with Gasteiger partial charge in [-0.3, -0.25) is 0 Å². The van der Waals surface area contributed by atoms with E-state index in [1.54, 1.807) is 0 Å². The lowest BCUT2D eigenvalue weighted by Crippen LogP contribution is -2.30. The van der Waals surface area contributed by atoms with Gasteiger partial charge in [0.2, 0.25) is 5.95 Å². The van der Waals surface area contributed by atoms with Crippen molar-refractivity contribution in [3.05, 3.63) is 10.7 Å². The number of anilines is 2. The summed E-state index contributed by atoms with van der Waals surface area (Å²) in [5, 5.41) is 6.71. The highest BCUT2D eigenvalue weighted by molar-refractivity contribution is 9.10. The number of hydrogen-bond donors (Lipinski definition) is 2. The molecule has 0 aromatic carbocycles. The van der Waals surface area contributed by atoms with Gasteiger partial charge in [0.25, 0.3) is 0 Å². The van der Waals surface area contributed by atoms with Crippen LogP contribution in [-0.4, -0.2) is 22.6 Å². The fourth-order valence-electron chi connectivity index (χ4n) is 2.58. The highest BCUT2D eigenvalue weighted by Gasteiger charge is 2.25. The summed E-state index contributed by atoms with van der Waals surface area (Å²) in [6.07, 6.45) is 5.54. The Kier molecular flexibility index (Phi) is 5.02. The van der Waals surface area contributed by atoms with Crippen LogP contribution in [0.15, 0.2) is 10.7 Å². The maximum atomic E-state index is 4.52. The molecule has 1 fully saturated rings. The summed E-state index contributed by atoms with van der Waals surface area (Å²) in [6, 6.07) is 0.520. The SMILES string of the molecule is CCNc1ncc(Br)c(NC2CCC(C)C(C)C2)n1. The molecule has 0 radical (unpaired) electrons. The number of nitrogens with one attached hydrogen (secondary N) is 2. The first-order valence-electron chi connectivity index (χ1n) is 7.13. The smallest absolute Gasteiger partial charge is 0.224 e. The summed E-state index contributed by atoms with van der Waals surface area (Å²) in [5.41, 5.74) is 0. The minimum absolute atomic E-state index is 0.520. The second kappa shape index (κ2) is 6.55. The molecule has 0 bridgehead atoms. The monoisotopic (exact) mass is 326 g/mol. The molecule has 106 valence electrons. The van der Waals surface area contributed by atoms with E-state index >= 15 is 0 Å². The van der Waals surface area contributed by atoms with E-state index in [4.69, 9.17) is 0 Å². The molecular weight excluding hydrogens is 304 g/mol. The zero-order chi connectivity index (χ0) is 13.8. The van der Waals surface area contributed by atoms with Gasteiger partial charge in [-0.15, -0.1) is 0 Å². The van der Waals surface area contributed by atoms with E-state index in [2.05, 4.69) is 50.4 Å². The molecule has 1 aromatic rings. The molecule has 1 saturated carbocycles. The lowest BCUT2D eigenvalue weighted by Gasteiger charge is -2.33. The normalized spacial score (nSPS) is 27.1. The van der Waals surface area contributed by atoms with Crippen LogP contribution in [-0.2, 0) is 0 Å². The van der Waals surface area contributed by atoms with Crippen molar-refractivity contribution in [3.8, 4) is 0 Å². The molecule has 0 spiro atoms. The van der Waals surface area contributed by atoms with Crippen molar-refractivity contribution in [1.29, 1.82) is 0 Å². The van der Waals surface area contributed by atoms with Crippen molar-refractivity contribution in [2.45, 2.75) is 46.1 Å². The van der Waals surface area contributed by atoms with Crippen LogP contribution in [0, 0.1) is 11.8 Å². The van der Waals surface area contributed by atoms with Crippen molar-refractivity contribution in [2.24, 2.45) is 11.8 Å². The molecule has 3 unspecified atom stereocenters. The van der Waals surface area contributed by atoms with Crippen LogP contribution in [0.2, 0.25) is 0 Å². The summed E-state index contributed by atoms with van der Waals surface area (Å²) in [7, 11) is 0. The van der Waals surface area contributed by atoms with Crippen LogP contribution in [0.25, 0.3) is 0 Å². The zero-order valence-corrected chi connectivity index (χ0v) is 13.5. The summed E-state index contributed by atoms with van der Waals surface area (Å²) >= 11 is 3.52. The maximum absolute atomic E-state index is 4.52. The average molecular weight is 327 g/mol. The summed E-state index contributed by atoms with van der Waals surface area (Å²) in [6.45, 7) is 7.57. The Morgan fingerprint density at radius 1 is 1.32 bits per heavy atom. The van der Waals surface area contributed by atoms with Gasteiger partial charge in [-0.2, -0.15) is 4.98 Å². The number of aromatic nitrogens is 2. The first kappa shape index (κ1) is 14.6. The molecule has 0 amide bonds. The fraction of sp³-hybridized carbons (Fsp3) is 0.714. The molecule has 0 aliphatic heterocycles. The van der Waals surface area contributed by atoms with Gasteiger partial charge in [0.1, 0.15) is 5.82 Å². The van der Waals surface area contributed by atoms with E-state index in [1.807, 2.05) is 13.1 Å². The van der Waals surface area contributed by atoms with Gasteiger partial charge in [0.15, 0.2) is 0 Å². The molecule has 1 aliphatic rings. The van der Waals surface area contributed by atoms with Gasteiger partial charge in [-0.25, -0.2) is 4.98 Å². The lowest BCUT2D eigenvalue weighted by atomic mass is 9.79. The molecule has 1 aliphatic carbocycles. The van der Waals surface area contributed by atoms with Crippen molar-refractivity contribution in [3.63, 3.8) is 0 Å². The van der Waals surface area contributed by atoms with Crippen LogP contribution in [0.5, 0.6) is 0 Å². The zero-order valence-electron chi connectivity index (χ0n) is 11.9. The minimum atomic E-state index is 0.520. The van der Waals surface area contributed by atoms with Gasteiger partial charge in [-0.05, 0) is 54.0 Å². The number of rotatable bonds is 4. The largest absolute Gasteiger partial charge is 0.366 e. The van der Waals surface area contributed by atoms with Gasteiger partial charge in [-0.1, -0.05) is 13.8 Å². The Hall–Kier alpha value is -0.840. The van der Waals surface area contributed by atoms with Crippen molar-refractivity contribution in [1.82, 2.24) is 9.97 Å². The maximum Gasteiger partial charge on any atom is 0.224 e. The van der Waals surface area contributed by atoms with E-state index in [1.165, 1.54) is 19.3 Å². The van der Waals surface area contributed by atoms with Crippen LogP contribution >= 0.6 is 15.9 Å². The summed E-state index contributed by atoms with van der Waals surface area (Å²) < 4.78 is 0.931.